The second-order valence-electron chi connectivity index (χ2n) is 6.12. The van der Waals surface area contributed by atoms with Crippen LogP contribution in [0.25, 0.3) is 5.69 Å². The van der Waals surface area contributed by atoms with Crippen LogP contribution in [0.5, 0.6) is 0 Å². The van der Waals surface area contributed by atoms with Crippen LogP contribution in [0.2, 0.25) is 0 Å². The van der Waals surface area contributed by atoms with Crippen molar-refractivity contribution in [3.05, 3.63) is 72.3 Å². The van der Waals surface area contributed by atoms with Crippen LogP contribution in [0.1, 0.15) is 18.3 Å². The molecule has 1 aliphatic rings. The van der Waals surface area contributed by atoms with Crippen LogP contribution in [0.3, 0.4) is 0 Å². The Morgan fingerprint density at radius 1 is 1.08 bits per heavy atom. The van der Waals surface area contributed by atoms with Gasteiger partial charge in [0.25, 0.3) is 5.91 Å². The van der Waals surface area contributed by atoms with Crippen molar-refractivity contribution in [3.63, 3.8) is 0 Å². The van der Waals surface area contributed by atoms with Gasteiger partial charge in [0.15, 0.2) is 5.54 Å². The monoisotopic (exact) mass is 348 g/mol. The molecule has 1 fully saturated rings. The fourth-order valence-electron chi connectivity index (χ4n) is 2.89. The molecule has 2 aromatic heterocycles. The smallest absolute Gasteiger partial charge is 0.318 e. The largest absolute Gasteiger partial charge is 0.325 e. The number of hydrogen-bond donors (Lipinski definition) is 1. The molecule has 1 unspecified atom stereocenters. The summed E-state index contributed by atoms with van der Waals surface area (Å²) in [6, 6.07) is 14.2. The molecule has 26 heavy (non-hydrogen) atoms. The van der Waals surface area contributed by atoms with Gasteiger partial charge in [-0.2, -0.15) is 15.0 Å². The highest BCUT2D eigenvalue weighted by molar-refractivity contribution is 6.06. The lowest BCUT2D eigenvalue weighted by Crippen LogP contribution is -2.41. The summed E-state index contributed by atoms with van der Waals surface area (Å²) < 4.78 is 0. The minimum Gasteiger partial charge on any atom is -0.318 e. The number of carbonyl (C=O) groups is 2. The Kier molecular flexibility index (Phi) is 3.72. The van der Waals surface area contributed by atoms with Gasteiger partial charge in [-0.1, -0.05) is 24.3 Å². The zero-order valence-electron chi connectivity index (χ0n) is 14.0. The van der Waals surface area contributed by atoms with Crippen LogP contribution in [0.4, 0.5) is 4.79 Å². The number of amides is 3. The molecule has 0 radical (unpaired) electrons. The van der Waals surface area contributed by atoms with E-state index in [0.29, 0.717) is 11.4 Å². The molecule has 0 bridgehead atoms. The van der Waals surface area contributed by atoms with Crippen molar-refractivity contribution in [2.24, 2.45) is 0 Å². The first-order valence-corrected chi connectivity index (χ1v) is 8.10. The van der Waals surface area contributed by atoms with Gasteiger partial charge in [0, 0.05) is 6.20 Å². The first-order chi connectivity index (χ1) is 12.6. The van der Waals surface area contributed by atoms with Crippen molar-refractivity contribution in [2.45, 2.75) is 19.0 Å². The molecule has 3 amide bonds. The lowest BCUT2D eigenvalue weighted by Gasteiger charge is -2.20. The molecule has 8 heteroatoms. The van der Waals surface area contributed by atoms with E-state index in [9.17, 15) is 9.59 Å². The molecule has 3 heterocycles. The summed E-state index contributed by atoms with van der Waals surface area (Å²) in [5.41, 5.74) is 0.624. The minimum absolute atomic E-state index is 0.0416. The lowest BCUT2D eigenvalue weighted by molar-refractivity contribution is -0.131. The molecule has 1 aliphatic heterocycles. The van der Waals surface area contributed by atoms with E-state index in [1.165, 1.54) is 4.80 Å². The number of pyridine rings is 1. The molecule has 1 N–H and O–H groups in total. The second kappa shape index (κ2) is 6.07. The number of nitrogens with zero attached hydrogens (tertiary/aromatic N) is 5. The van der Waals surface area contributed by atoms with Gasteiger partial charge in [0.1, 0.15) is 5.69 Å². The van der Waals surface area contributed by atoms with Crippen LogP contribution >= 0.6 is 0 Å². The standard InChI is InChI=1S/C18H16N6O2/c1-18(15-9-5-6-10-19-15)16(25)23(17(26)21-18)12-13-11-20-24(22-13)14-7-3-2-4-8-14/h2-11H,12H2,1H3,(H,21,26). The summed E-state index contributed by atoms with van der Waals surface area (Å²) in [7, 11) is 0. The molecule has 1 saturated heterocycles. The summed E-state index contributed by atoms with van der Waals surface area (Å²) in [5, 5.41) is 11.3. The maximum atomic E-state index is 12.9. The molecule has 1 aromatic carbocycles. The van der Waals surface area contributed by atoms with E-state index in [1.54, 1.807) is 37.5 Å². The molecule has 0 aliphatic carbocycles. The van der Waals surface area contributed by atoms with Crippen LogP contribution < -0.4 is 5.32 Å². The molecular weight excluding hydrogens is 332 g/mol. The molecule has 3 aromatic rings. The van der Waals surface area contributed by atoms with Crippen molar-refractivity contribution in [2.75, 3.05) is 0 Å². The molecule has 0 spiro atoms. The first-order valence-electron chi connectivity index (χ1n) is 8.10. The highest BCUT2D eigenvalue weighted by atomic mass is 16.2. The summed E-state index contributed by atoms with van der Waals surface area (Å²) in [6.45, 7) is 1.69. The lowest BCUT2D eigenvalue weighted by atomic mass is 9.97. The number of aromatic nitrogens is 4. The van der Waals surface area contributed by atoms with Gasteiger partial charge in [-0.15, -0.1) is 0 Å². The molecule has 1 atom stereocenters. The number of carbonyl (C=O) groups excluding carboxylic acids is 2. The van der Waals surface area contributed by atoms with E-state index in [0.717, 1.165) is 10.6 Å². The third-order valence-corrected chi connectivity index (χ3v) is 4.30. The second-order valence-corrected chi connectivity index (χ2v) is 6.12. The SMILES string of the molecule is CC1(c2ccccn2)NC(=O)N(Cc2cnn(-c3ccccc3)n2)C1=O. The summed E-state index contributed by atoms with van der Waals surface area (Å²) in [4.78, 5) is 32.0. The third-order valence-electron chi connectivity index (χ3n) is 4.30. The fourth-order valence-corrected chi connectivity index (χ4v) is 2.89. The Morgan fingerprint density at radius 2 is 1.85 bits per heavy atom. The van der Waals surface area contributed by atoms with Crippen molar-refractivity contribution in [1.29, 1.82) is 0 Å². The van der Waals surface area contributed by atoms with Gasteiger partial charge in [0.05, 0.1) is 24.1 Å². The van der Waals surface area contributed by atoms with Crippen molar-refractivity contribution < 1.29 is 9.59 Å². The average Bonchev–Trinajstić information content (AvgIpc) is 3.23. The van der Waals surface area contributed by atoms with Crippen LogP contribution in [0.15, 0.2) is 60.9 Å². The Labute approximate surface area is 149 Å². The minimum atomic E-state index is -1.19. The molecule has 8 nitrogen and oxygen atoms in total. The van der Waals surface area contributed by atoms with Crippen LogP contribution in [-0.2, 0) is 16.9 Å². The van der Waals surface area contributed by atoms with E-state index >= 15 is 0 Å². The molecule has 0 saturated carbocycles. The zero-order chi connectivity index (χ0) is 18.1. The number of imide groups is 1. The molecular formula is C18H16N6O2. The molecule has 130 valence electrons. The van der Waals surface area contributed by atoms with E-state index in [2.05, 4.69) is 20.5 Å². The quantitative estimate of drug-likeness (QED) is 0.724. The van der Waals surface area contributed by atoms with Gasteiger partial charge in [-0.25, -0.2) is 4.79 Å². The Bertz CT molecular complexity index is 956. The van der Waals surface area contributed by atoms with E-state index in [-0.39, 0.29) is 12.5 Å². The fraction of sp³-hybridized carbons (Fsp3) is 0.167. The van der Waals surface area contributed by atoms with Gasteiger partial charge in [-0.3, -0.25) is 14.7 Å². The zero-order valence-corrected chi connectivity index (χ0v) is 14.0. The number of benzene rings is 1. The number of rotatable bonds is 4. The van der Waals surface area contributed by atoms with Crippen molar-refractivity contribution in [3.8, 4) is 5.69 Å². The predicted octanol–water partition coefficient (Wildman–Crippen LogP) is 1.63. The van der Waals surface area contributed by atoms with Crippen LogP contribution in [0, 0.1) is 0 Å². The number of para-hydroxylation sites is 1. The van der Waals surface area contributed by atoms with Crippen molar-refractivity contribution >= 4 is 11.9 Å². The molecule has 4 rings (SSSR count). The van der Waals surface area contributed by atoms with Gasteiger partial charge in [-0.05, 0) is 31.2 Å². The number of urea groups is 1. The van der Waals surface area contributed by atoms with E-state index in [1.807, 2.05) is 30.3 Å². The average molecular weight is 348 g/mol. The van der Waals surface area contributed by atoms with Crippen LogP contribution in [-0.4, -0.2) is 36.8 Å². The first kappa shape index (κ1) is 15.9. The highest BCUT2D eigenvalue weighted by Gasteiger charge is 2.50. The maximum Gasteiger partial charge on any atom is 0.325 e. The van der Waals surface area contributed by atoms with Gasteiger partial charge < -0.3 is 5.32 Å². The summed E-state index contributed by atoms with van der Waals surface area (Å²) in [6.07, 6.45) is 3.14. The Hall–Kier alpha value is -3.55. The normalized spacial score (nSPS) is 19.7. The Morgan fingerprint density at radius 3 is 2.58 bits per heavy atom. The van der Waals surface area contributed by atoms with E-state index in [4.69, 9.17) is 0 Å². The highest BCUT2D eigenvalue weighted by Crippen LogP contribution is 2.28. The summed E-state index contributed by atoms with van der Waals surface area (Å²) in [5.74, 6) is -0.365. The van der Waals surface area contributed by atoms with Gasteiger partial charge >= 0.3 is 6.03 Å². The number of hydrogen-bond acceptors (Lipinski definition) is 5. The predicted molar refractivity (Wildman–Crippen MR) is 92.0 cm³/mol. The van der Waals surface area contributed by atoms with Gasteiger partial charge in [0.2, 0.25) is 0 Å². The van der Waals surface area contributed by atoms with Crippen molar-refractivity contribution in [1.82, 2.24) is 30.2 Å². The number of nitrogens with one attached hydrogen (secondary N) is 1. The van der Waals surface area contributed by atoms with E-state index < -0.39 is 11.6 Å². The third kappa shape index (κ3) is 2.61. The maximum absolute atomic E-state index is 12.9. The summed E-state index contributed by atoms with van der Waals surface area (Å²) >= 11 is 0. The Balaban J connectivity index is 1.57. The topological polar surface area (TPSA) is 93.0 Å².